The van der Waals surface area contributed by atoms with Gasteiger partial charge in [0.25, 0.3) is 0 Å². The first-order valence-electron chi connectivity index (χ1n) is 6.40. The predicted octanol–water partition coefficient (Wildman–Crippen LogP) is 5.40. The second-order valence-corrected chi connectivity index (χ2v) is 10.6. The van der Waals surface area contributed by atoms with Crippen LogP contribution in [0.15, 0.2) is 48.1 Å². The summed E-state index contributed by atoms with van der Waals surface area (Å²) in [4.78, 5) is 0. The first kappa shape index (κ1) is 15.2. The minimum atomic E-state index is -1.67. The van der Waals surface area contributed by atoms with Crippen LogP contribution in [-0.2, 0) is 13.5 Å². The van der Waals surface area contributed by atoms with Crippen LogP contribution in [0, 0.1) is 11.8 Å². The van der Waals surface area contributed by atoms with Crippen molar-refractivity contribution in [3.05, 3.63) is 53.6 Å². The molecule has 3 heteroatoms. The Morgan fingerprint density at radius 2 is 1.95 bits per heavy atom. The van der Waals surface area contributed by atoms with Crippen molar-refractivity contribution in [3.8, 4) is 0 Å². The van der Waals surface area contributed by atoms with E-state index in [4.69, 9.17) is 19.4 Å². The molecule has 2 atom stereocenters. The fourth-order valence-electron chi connectivity index (χ4n) is 2.54. The van der Waals surface area contributed by atoms with Crippen LogP contribution in [-0.4, -0.2) is 4.61 Å². The SMILES string of the molecule is C/C=C1\CC(/C=C/c2ccccc2)CC1[CH]=[Ru]([Cl])[Cl]. The third kappa shape index (κ3) is 4.67. The van der Waals surface area contributed by atoms with Gasteiger partial charge in [0, 0.05) is 0 Å². The molecule has 1 aromatic carbocycles. The van der Waals surface area contributed by atoms with E-state index >= 15 is 0 Å². The summed E-state index contributed by atoms with van der Waals surface area (Å²) >= 11 is -1.67. The normalized spacial score (nSPS) is 26.1. The fourth-order valence-corrected chi connectivity index (χ4v) is 4.95. The second-order valence-electron chi connectivity index (χ2n) is 4.76. The second kappa shape index (κ2) is 7.53. The third-order valence-electron chi connectivity index (χ3n) is 3.49. The molecule has 1 aromatic rings. The van der Waals surface area contributed by atoms with Gasteiger partial charge < -0.3 is 0 Å². The standard InChI is InChI=1S/C16H18.2ClH.Ru/c1-3-16-12-15(11-13(16)2)10-9-14-7-5-4-6-8-14;;;/h2-10,13,15H,11-12H2,1H3;2*1H;/q;;;+2/p-2/b10-9+,16-3+;;;. The molecule has 104 valence electrons. The Morgan fingerprint density at radius 3 is 2.58 bits per heavy atom. The van der Waals surface area contributed by atoms with Gasteiger partial charge in [-0.25, -0.2) is 0 Å². The van der Waals surface area contributed by atoms with Gasteiger partial charge in [0.1, 0.15) is 0 Å². The zero-order chi connectivity index (χ0) is 13.7. The molecule has 0 nitrogen and oxygen atoms in total. The molecule has 0 heterocycles. The predicted molar refractivity (Wildman–Crippen MR) is 83.2 cm³/mol. The van der Waals surface area contributed by atoms with Crippen molar-refractivity contribution in [1.82, 2.24) is 0 Å². The van der Waals surface area contributed by atoms with Crippen LogP contribution in [0.25, 0.3) is 6.08 Å². The topological polar surface area (TPSA) is 0 Å². The van der Waals surface area contributed by atoms with E-state index in [1.807, 2.05) is 6.07 Å². The maximum atomic E-state index is 6.01. The molecule has 2 unspecified atom stereocenters. The third-order valence-corrected chi connectivity index (χ3v) is 5.68. The number of hydrogen-bond acceptors (Lipinski definition) is 0. The molecule has 1 aliphatic rings. The molecule has 2 rings (SSSR count). The van der Waals surface area contributed by atoms with E-state index in [2.05, 4.69) is 54.0 Å². The molecule has 19 heavy (non-hydrogen) atoms. The van der Waals surface area contributed by atoms with E-state index in [9.17, 15) is 0 Å². The molecule has 1 fully saturated rings. The number of hydrogen-bond donors (Lipinski definition) is 0. The van der Waals surface area contributed by atoms with E-state index in [0.717, 1.165) is 12.8 Å². The van der Waals surface area contributed by atoms with E-state index in [0.29, 0.717) is 11.8 Å². The first-order chi connectivity index (χ1) is 9.19. The monoisotopic (exact) mass is 382 g/mol. The summed E-state index contributed by atoms with van der Waals surface area (Å²) in [5.74, 6) is 1.10. The molecular formula is C16H18Cl2Ru. The minimum absolute atomic E-state index is 0.490. The molecular weight excluding hydrogens is 364 g/mol. The van der Waals surface area contributed by atoms with Crippen LogP contribution in [0.4, 0.5) is 0 Å². The molecule has 0 aromatic heterocycles. The van der Waals surface area contributed by atoms with Gasteiger partial charge >= 0.3 is 129 Å². The van der Waals surface area contributed by atoms with Crippen LogP contribution < -0.4 is 0 Å². The van der Waals surface area contributed by atoms with E-state index in [-0.39, 0.29) is 0 Å². The summed E-state index contributed by atoms with van der Waals surface area (Å²) in [6, 6.07) is 10.4. The molecule has 0 bridgehead atoms. The van der Waals surface area contributed by atoms with Gasteiger partial charge in [-0.1, -0.05) is 0 Å². The van der Waals surface area contributed by atoms with Crippen LogP contribution in [0.2, 0.25) is 0 Å². The van der Waals surface area contributed by atoms with Gasteiger partial charge in [0.05, 0.1) is 0 Å². The van der Waals surface area contributed by atoms with Crippen molar-refractivity contribution in [2.75, 3.05) is 0 Å². The molecule has 0 saturated heterocycles. The van der Waals surface area contributed by atoms with Crippen LogP contribution >= 0.6 is 19.4 Å². The van der Waals surface area contributed by atoms with E-state index < -0.39 is 13.5 Å². The summed E-state index contributed by atoms with van der Waals surface area (Å²) < 4.78 is 2.18. The van der Waals surface area contributed by atoms with E-state index in [1.54, 1.807) is 0 Å². The first-order valence-corrected chi connectivity index (χ1v) is 11.9. The van der Waals surface area contributed by atoms with Crippen LogP contribution in [0.5, 0.6) is 0 Å². The molecule has 0 radical (unpaired) electrons. The summed E-state index contributed by atoms with van der Waals surface area (Å²) in [6.45, 7) is 2.11. The van der Waals surface area contributed by atoms with Crippen molar-refractivity contribution in [2.24, 2.45) is 11.8 Å². The van der Waals surface area contributed by atoms with Crippen molar-refractivity contribution in [1.29, 1.82) is 0 Å². The summed E-state index contributed by atoms with van der Waals surface area (Å²) in [6.07, 6.45) is 9.05. The maximum absolute atomic E-state index is 6.01. The molecule has 0 spiro atoms. The van der Waals surface area contributed by atoms with Gasteiger partial charge in [-0.15, -0.1) is 0 Å². The fraction of sp³-hybridized carbons (Fsp3) is 0.312. The number of rotatable bonds is 3. The zero-order valence-electron chi connectivity index (χ0n) is 10.9. The van der Waals surface area contributed by atoms with Gasteiger partial charge in [0.2, 0.25) is 0 Å². The van der Waals surface area contributed by atoms with Gasteiger partial charge in [-0.05, 0) is 0 Å². The molecule has 0 amide bonds. The molecule has 0 N–H and O–H groups in total. The quantitative estimate of drug-likeness (QED) is 0.485. The van der Waals surface area contributed by atoms with Crippen LogP contribution in [0.1, 0.15) is 25.3 Å². The van der Waals surface area contributed by atoms with Crippen molar-refractivity contribution in [3.63, 3.8) is 0 Å². The van der Waals surface area contributed by atoms with Crippen molar-refractivity contribution < 1.29 is 13.5 Å². The zero-order valence-corrected chi connectivity index (χ0v) is 14.1. The van der Waals surface area contributed by atoms with E-state index in [1.165, 1.54) is 11.1 Å². The Bertz CT molecular complexity index is 499. The number of halogens is 2. The Hall–Kier alpha value is -0.227. The Morgan fingerprint density at radius 1 is 1.21 bits per heavy atom. The Kier molecular flexibility index (Phi) is 6.01. The summed E-state index contributed by atoms with van der Waals surface area (Å²) in [5.41, 5.74) is 2.75. The average Bonchev–Trinajstić information content (AvgIpc) is 2.79. The van der Waals surface area contributed by atoms with Crippen LogP contribution in [0.3, 0.4) is 0 Å². The van der Waals surface area contributed by atoms with Gasteiger partial charge in [-0.3, -0.25) is 0 Å². The number of allylic oxidation sites excluding steroid dienone is 3. The molecule has 1 saturated carbocycles. The Balaban J connectivity index is 2.04. The molecule has 1 aliphatic carbocycles. The van der Waals surface area contributed by atoms with Crippen molar-refractivity contribution >= 4 is 30.1 Å². The molecule has 0 aliphatic heterocycles. The Labute approximate surface area is 128 Å². The summed E-state index contributed by atoms with van der Waals surface area (Å²) in [7, 11) is 12.0. The average molecular weight is 382 g/mol. The number of benzene rings is 1. The van der Waals surface area contributed by atoms with Gasteiger partial charge in [0.15, 0.2) is 0 Å². The summed E-state index contributed by atoms with van der Waals surface area (Å²) in [5, 5.41) is 0. The van der Waals surface area contributed by atoms with Crippen molar-refractivity contribution in [2.45, 2.75) is 19.8 Å². The van der Waals surface area contributed by atoms with Gasteiger partial charge in [-0.2, -0.15) is 0 Å².